The lowest BCUT2D eigenvalue weighted by atomic mass is 10.0. The second kappa shape index (κ2) is 8.58. The highest BCUT2D eigenvalue weighted by molar-refractivity contribution is 7.92. The number of carboxylic acid groups (broad SMARTS) is 1. The number of rotatable bonds is 7. The van der Waals surface area contributed by atoms with Crippen LogP contribution in [0.4, 0.5) is 13.2 Å². The molecule has 0 aliphatic carbocycles. The van der Waals surface area contributed by atoms with E-state index in [-0.39, 0.29) is 22.6 Å². The SMILES string of the molecule is C=CC(CCc1ccccc1)S(=O)(=O)c1ccc2c(c1)C=C(C(=O)O)C(C(F)(F)F)O2. The molecule has 2 unspecified atom stereocenters. The fraction of sp³-hybridized carbons (Fsp3) is 0.227. The van der Waals surface area contributed by atoms with Gasteiger partial charge in [-0.15, -0.1) is 6.58 Å². The molecule has 0 bridgehead atoms. The molecule has 2 aromatic rings. The number of sulfone groups is 1. The molecule has 3 rings (SSSR count). The molecule has 2 atom stereocenters. The fourth-order valence-electron chi connectivity index (χ4n) is 3.30. The summed E-state index contributed by atoms with van der Waals surface area (Å²) in [5, 5.41) is 8.22. The van der Waals surface area contributed by atoms with Gasteiger partial charge in [0.2, 0.25) is 6.10 Å². The number of alkyl halides is 3. The Kier molecular flexibility index (Phi) is 6.26. The average Bonchev–Trinajstić information content (AvgIpc) is 2.72. The number of carboxylic acids is 1. The molecule has 31 heavy (non-hydrogen) atoms. The summed E-state index contributed by atoms with van der Waals surface area (Å²) >= 11 is 0. The quantitative estimate of drug-likeness (QED) is 0.629. The fourth-order valence-corrected chi connectivity index (χ4v) is 4.88. The van der Waals surface area contributed by atoms with E-state index in [1.54, 1.807) is 0 Å². The van der Waals surface area contributed by atoms with Crippen LogP contribution in [0.5, 0.6) is 5.75 Å². The summed E-state index contributed by atoms with van der Waals surface area (Å²) in [5.74, 6) is -2.04. The van der Waals surface area contributed by atoms with Gasteiger partial charge in [0.1, 0.15) is 5.75 Å². The maximum Gasteiger partial charge on any atom is 0.430 e. The summed E-state index contributed by atoms with van der Waals surface area (Å²) in [6, 6.07) is 12.7. The minimum atomic E-state index is -4.93. The minimum absolute atomic E-state index is 0.0511. The number of fused-ring (bicyclic) bond motifs is 1. The van der Waals surface area contributed by atoms with Crippen molar-refractivity contribution >= 4 is 21.9 Å². The van der Waals surface area contributed by atoms with Crippen LogP contribution >= 0.6 is 0 Å². The van der Waals surface area contributed by atoms with Gasteiger partial charge < -0.3 is 9.84 Å². The average molecular weight is 452 g/mol. The van der Waals surface area contributed by atoms with Gasteiger partial charge in [-0.05, 0) is 42.7 Å². The molecule has 164 valence electrons. The molecule has 1 aliphatic heterocycles. The third-order valence-electron chi connectivity index (χ3n) is 4.91. The van der Waals surface area contributed by atoms with Crippen molar-refractivity contribution in [1.29, 1.82) is 0 Å². The van der Waals surface area contributed by atoms with E-state index < -0.39 is 38.9 Å². The van der Waals surface area contributed by atoms with Gasteiger partial charge in [0, 0.05) is 5.56 Å². The maximum absolute atomic E-state index is 13.2. The van der Waals surface area contributed by atoms with Crippen LogP contribution in [0, 0.1) is 0 Å². The summed E-state index contributed by atoms with van der Waals surface area (Å²) in [5.41, 5.74) is -0.112. The highest BCUT2D eigenvalue weighted by atomic mass is 32.2. The highest BCUT2D eigenvalue weighted by Crippen LogP contribution is 2.38. The van der Waals surface area contributed by atoms with E-state index in [2.05, 4.69) is 6.58 Å². The highest BCUT2D eigenvalue weighted by Gasteiger charge is 2.48. The van der Waals surface area contributed by atoms with E-state index in [1.165, 1.54) is 6.08 Å². The molecule has 2 aromatic carbocycles. The Morgan fingerprint density at radius 1 is 1.19 bits per heavy atom. The number of halogens is 3. The molecule has 5 nitrogen and oxygen atoms in total. The predicted octanol–water partition coefficient (Wildman–Crippen LogP) is 4.44. The Hall–Kier alpha value is -3.07. The van der Waals surface area contributed by atoms with Gasteiger partial charge in [-0.1, -0.05) is 36.4 Å². The van der Waals surface area contributed by atoms with Crippen LogP contribution in [-0.4, -0.2) is 37.0 Å². The largest absolute Gasteiger partial charge is 0.478 e. The van der Waals surface area contributed by atoms with Crippen molar-refractivity contribution in [3.8, 4) is 5.75 Å². The first kappa shape index (κ1) is 22.6. The molecule has 0 radical (unpaired) electrons. The van der Waals surface area contributed by atoms with Crippen molar-refractivity contribution in [2.75, 3.05) is 0 Å². The molecule has 9 heteroatoms. The first-order valence-corrected chi connectivity index (χ1v) is 10.8. The zero-order valence-corrected chi connectivity index (χ0v) is 17.0. The maximum atomic E-state index is 13.2. The van der Waals surface area contributed by atoms with Gasteiger partial charge in [0.05, 0.1) is 15.7 Å². The topological polar surface area (TPSA) is 80.7 Å². The Labute approximate surface area is 177 Å². The summed E-state index contributed by atoms with van der Waals surface area (Å²) in [4.78, 5) is 11.1. The van der Waals surface area contributed by atoms with Gasteiger partial charge >= 0.3 is 12.1 Å². The molecule has 0 spiro atoms. The van der Waals surface area contributed by atoms with Gasteiger partial charge in [-0.3, -0.25) is 0 Å². The molecule has 0 saturated carbocycles. The van der Waals surface area contributed by atoms with E-state index in [0.29, 0.717) is 6.42 Å². The van der Waals surface area contributed by atoms with E-state index in [4.69, 9.17) is 9.84 Å². The van der Waals surface area contributed by atoms with Crippen molar-refractivity contribution in [2.24, 2.45) is 0 Å². The number of benzene rings is 2. The zero-order valence-electron chi connectivity index (χ0n) is 16.2. The van der Waals surface area contributed by atoms with Crippen LogP contribution < -0.4 is 4.74 Å². The molecule has 0 amide bonds. The minimum Gasteiger partial charge on any atom is -0.478 e. The Morgan fingerprint density at radius 2 is 1.87 bits per heavy atom. The van der Waals surface area contributed by atoms with E-state index in [9.17, 15) is 26.4 Å². The normalized spacial score (nSPS) is 17.1. The molecule has 1 N–H and O–H groups in total. The summed E-state index contributed by atoms with van der Waals surface area (Å²) in [6.07, 6.45) is -4.71. The molecule has 1 aliphatic rings. The van der Waals surface area contributed by atoms with Crippen LogP contribution in [0.25, 0.3) is 6.08 Å². The third-order valence-corrected chi connectivity index (χ3v) is 7.05. The molecule has 0 fully saturated rings. The van der Waals surface area contributed by atoms with E-state index in [0.717, 1.165) is 29.8 Å². The lowest BCUT2D eigenvalue weighted by Crippen LogP contribution is -2.40. The van der Waals surface area contributed by atoms with Crippen molar-refractivity contribution in [3.05, 3.63) is 77.9 Å². The third kappa shape index (κ3) is 4.82. The second-order valence-electron chi connectivity index (χ2n) is 6.99. The van der Waals surface area contributed by atoms with Gasteiger partial charge in [0.15, 0.2) is 9.84 Å². The Balaban J connectivity index is 1.92. The monoisotopic (exact) mass is 452 g/mol. The predicted molar refractivity (Wildman–Crippen MR) is 108 cm³/mol. The van der Waals surface area contributed by atoms with Crippen molar-refractivity contribution in [1.82, 2.24) is 0 Å². The van der Waals surface area contributed by atoms with E-state index >= 15 is 0 Å². The van der Waals surface area contributed by atoms with Gasteiger partial charge in [-0.25, -0.2) is 13.2 Å². The Morgan fingerprint density at radius 3 is 2.45 bits per heavy atom. The van der Waals surface area contributed by atoms with Gasteiger partial charge in [0.25, 0.3) is 0 Å². The molecule has 0 saturated heterocycles. The van der Waals surface area contributed by atoms with Crippen LogP contribution in [0.2, 0.25) is 0 Å². The number of carbonyl (C=O) groups is 1. The van der Waals surface area contributed by atoms with Crippen molar-refractivity contribution < 1.29 is 36.2 Å². The molecule has 0 aromatic heterocycles. The number of ether oxygens (including phenoxy) is 1. The van der Waals surface area contributed by atoms with Crippen molar-refractivity contribution in [3.63, 3.8) is 0 Å². The summed E-state index contributed by atoms with van der Waals surface area (Å²) in [6.45, 7) is 3.61. The second-order valence-corrected chi connectivity index (χ2v) is 9.15. The number of hydrogen-bond acceptors (Lipinski definition) is 4. The lowest BCUT2D eigenvalue weighted by molar-refractivity contribution is -0.187. The number of aryl methyl sites for hydroxylation is 1. The first-order valence-electron chi connectivity index (χ1n) is 9.26. The molecular formula is C22H19F3O5S. The molecular weight excluding hydrogens is 433 g/mol. The van der Waals surface area contributed by atoms with Crippen LogP contribution in [-0.2, 0) is 21.1 Å². The summed E-state index contributed by atoms with van der Waals surface area (Å²) < 4.78 is 70.5. The van der Waals surface area contributed by atoms with E-state index in [1.807, 2.05) is 30.3 Å². The smallest absolute Gasteiger partial charge is 0.430 e. The van der Waals surface area contributed by atoms with Crippen LogP contribution in [0.15, 0.2) is 71.7 Å². The van der Waals surface area contributed by atoms with Crippen LogP contribution in [0.1, 0.15) is 17.5 Å². The number of hydrogen-bond donors (Lipinski definition) is 1. The van der Waals surface area contributed by atoms with Gasteiger partial charge in [-0.2, -0.15) is 13.2 Å². The van der Waals surface area contributed by atoms with Crippen LogP contribution in [0.3, 0.4) is 0 Å². The summed E-state index contributed by atoms with van der Waals surface area (Å²) in [7, 11) is -3.91. The van der Waals surface area contributed by atoms with Crippen molar-refractivity contribution in [2.45, 2.75) is 35.3 Å². The molecule has 1 heterocycles. The lowest BCUT2D eigenvalue weighted by Gasteiger charge is -2.27. The zero-order chi connectivity index (χ0) is 22.8. The standard InChI is InChI=1S/C22H19F3O5S/c1-2-16(9-8-14-6-4-3-5-7-14)31(28,29)17-10-11-19-15(12-17)13-18(21(26)27)20(30-19)22(23,24)25/h2-7,10-13,16,20H,1,8-9H2,(H,26,27). The Bertz CT molecular complexity index is 1120. The number of aliphatic carboxylic acids is 1. The first-order chi connectivity index (χ1) is 14.5.